The van der Waals surface area contributed by atoms with E-state index in [0.717, 1.165) is 13.7 Å². The zero-order valence-corrected chi connectivity index (χ0v) is 10.9. The van der Waals surface area contributed by atoms with Crippen molar-refractivity contribution < 1.29 is 0 Å². The molecule has 0 saturated heterocycles. The molecule has 0 amide bonds. The van der Waals surface area contributed by atoms with Gasteiger partial charge in [0, 0.05) is 0 Å². The van der Waals surface area contributed by atoms with Crippen LogP contribution in [0.5, 0.6) is 0 Å². The Morgan fingerprint density at radius 3 is 2.14 bits per heavy atom. The van der Waals surface area contributed by atoms with Crippen molar-refractivity contribution in [2.24, 2.45) is 0 Å². The lowest BCUT2D eigenvalue weighted by Gasteiger charge is -1.92. The van der Waals surface area contributed by atoms with Crippen molar-refractivity contribution >= 4 is 56.9 Å². The van der Waals surface area contributed by atoms with Gasteiger partial charge in [0.1, 0.15) is 5.01 Å². The van der Waals surface area contributed by atoms with Crippen molar-refractivity contribution in [2.45, 2.75) is 19.9 Å². The second-order valence-corrected chi connectivity index (χ2v) is 7.52. The molecule has 0 unspecified atom stereocenters. The summed E-state index contributed by atoms with van der Waals surface area (Å²) >= 11 is 7.83. The van der Waals surface area contributed by atoms with E-state index in [-0.39, 0.29) is 0 Å². The Labute approximate surface area is 102 Å². The van der Waals surface area contributed by atoms with Gasteiger partial charge in [0.05, 0.1) is 4.34 Å². The first kappa shape index (κ1) is 10.6. The fourth-order valence-electron chi connectivity index (χ4n) is 0.614. The molecule has 0 spiro atoms. The lowest BCUT2D eigenvalue weighted by Crippen LogP contribution is -1.70. The van der Waals surface area contributed by atoms with Crippen LogP contribution in [0.3, 0.4) is 0 Å². The van der Waals surface area contributed by atoms with Crippen LogP contribution in [-0.2, 0) is 12.6 Å². The van der Waals surface area contributed by atoms with E-state index in [1.54, 1.807) is 11.3 Å². The van der Waals surface area contributed by atoms with E-state index >= 15 is 0 Å². The van der Waals surface area contributed by atoms with E-state index in [4.69, 9.17) is 12.6 Å². The summed E-state index contributed by atoms with van der Waals surface area (Å²) < 4.78 is 2.35. The summed E-state index contributed by atoms with van der Waals surface area (Å²) in [6.07, 6.45) is 0. The minimum Gasteiger partial charge on any atom is -0.406 e. The van der Waals surface area contributed by atoms with Gasteiger partial charge in [-0.25, -0.2) is 0 Å². The lowest BCUT2D eigenvalue weighted by molar-refractivity contribution is 0.958. The Morgan fingerprint density at radius 1 is 1.00 bits per heavy atom. The first-order valence-electron chi connectivity index (χ1n) is 3.39. The minimum absolute atomic E-state index is 0.571. The number of nitrogens with zero attached hydrogens (tertiary/aromatic N) is 4. The molecule has 2 rings (SSSR count). The topological polar surface area (TPSA) is 51.6 Å². The van der Waals surface area contributed by atoms with E-state index in [1.165, 1.54) is 32.9 Å². The van der Waals surface area contributed by atoms with Crippen molar-refractivity contribution in [2.75, 3.05) is 0 Å². The molecular weight excluding hydrogens is 276 g/mol. The average molecular weight is 279 g/mol. The van der Waals surface area contributed by atoms with Crippen LogP contribution in [0.15, 0.2) is 13.0 Å². The lowest BCUT2D eigenvalue weighted by atomic mass is 10.9. The SMILES string of the molecule is Cc1nnc(SSc2nnc([S-])s2)s1. The van der Waals surface area contributed by atoms with Crippen molar-refractivity contribution in [1.29, 1.82) is 0 Å². The maximum absolute atomic E-state index is 4.86. The highest BCUT2D eigenvalue weighted by Crippen LogP contribution is 2.39. The summed E-state index contributed by atoms with van der Waals surface area (Å²) in [6.45, 7) is 1.93. The molecule has 74 valence electrons. The van der Waals surface area contributed by atoms with Gasteiger partial charge in [-0.15, -0.1) is 10.2 Å². The van der Waals surface area contributed by atoms with Crippen LogP contribution in [0.4, 0.5) is 0 Å². The van der Waals surface area contributed by atoms with Crippen LogP contribution in [0.1, 0.15) is 5.01 Å². The Morgan fingerprint density at radius 2 is 1.64 bits per heavy atom. The van der Waals surface area contributed by atoms with Crippen LogP contribution in [-0.4, -0.2) is 20.4 Å². The largest absolute Gasteiger partial charge is 0.406 e. The van der Waals surface area contributed by atoms with Gasteiger partial charge in [-0.1, -0.05) is 11.3 Å². The zero-order valence-electron chi connectivity index (χ0n) is 6.83. The van der Waals surface area contributed by atoms with Crippen LogP contribution in [0.25, 0.3) is 0 Å². The molecule has 0 aliphatic carbocycles. The summed E-state index contributed by atoms with van der Waals surface area (Å²) in [5, 5.41) is 16.5. The van der Waals surface area contributed by atoms with Gasteiger partial charge >= 0.3 is 0 Å². The third-order valence-electron chi connectivity index (χ3n) is 1.08. The van der Waals surface area contributed by atoms with Gasteiger partial charge in [-0.05, 0) is 32.9 Å². The maximum atomic E-state index is 4.86. The first-order chi connectivity index (χ1) is 6.74. The molecule has 4 nitrogen and oxygen atoms in total. The molecule has 0 aromatic carbocycles. The molecule has 2 aromatic heterocycles. The quantitative estimate of drug-likeness (QED) is 0.631. The van der Waals surface area contributed by atoms with Crippen molar-refractivity contribution in [1.82, 2.24) is 20.4 Å². The number of aryl methyl sites for hydroxylation is 1. The Hall–Kier alpha value is 0.0400. The highest BCUT2D eigenvalue weighted by molar-refractivity contribution is 8.77. The summed E-state index contributed by atoms with van der Waals surface area (Å²) in [6, 6.07) is 0. The third kappa shape index (κ3) is 2.76. The highest BCUT2D eigenvalue weighted by atomic mass is 33.1. The van der Waals surface area contributed by atoms with E-state index in [1.807, 2.05) is 6.92 Å². The summed E-state index contributed by atoms with van der Waals surface area (Å²) in [4.78, 5) is 0. The van der Waals surface area contributed by atoms with E-state index in [2.05, 4.69) is 20.4 Å². The normalized spacial score (nSPS) is 10.6. The summed E-state index contributed by atoms with van der Waals surface area (Å²) in [5.41, 5.74) is 0. The molecule has 14 heavy (non-hydrogen) atoms. The maximum Gasteiger partial charge on any atom is 0.185 e. The number of hydrogen-bond donors (Lipinski definition) is 0. The van der Waals surface area contributed by atoms with E-state index < -0.39 is 0 Å². The summed E-state index contributed by atoms with van der Waals surface area (Å²) in [5.74, 6) is 0. The number of aromatic nitrogens is 4. The van der Waals surface area contributed by atoms with Crippen molar-refractivity contribution in [3.05, 3.63) is 5.01 Å². The predicted octanol–water partition coefficient (Wildman–Crippen LogP) is 2.40. The fraction of sp³-hybridized carbons (Fsp3) is 0.200. The molecule has 2 aromatic rings. The molecule has 0 atom stereocenters. The van der Waals surface area contributed by atoms with Crippen molar-refractivity contribution in [3.63, 3.8) is 0 Å². The van der Waals surface area contributed by atoms with Gasteiger partial charge in [-0.3, -0.25) is 0 Å². The van der Waals surface area contributed by atoms with Crippen LogP contribution < -0.4 is 0 Å². The molecular formula is C5H3N4S5-. The monoisotopic (exact) mass is 279 g/mol. The predicted molar refractivity (Wildman–Crippen MR) is 61.9 cm³/mol. The highest BCUT2D eigenvalue weighted by Gasteiger charge is 2.02. The standard InChI is InChI=1S/C5H4N4S5/c1-2-6-8-4(11-2)13-14-5-9-7-3(10)12-5/h1H3,(H,7,10)/p-1. The number of hydrogen-bond acceptors (Lipinski definition) is 9. The minimum atomic E-state index is 0.571. The Bertz CT molecular complexity index is 383. The Kier molecular flexibility index (Phi) is 3.55. The molecule has 0 N–H and O–H groups in total. The average Bonchev–Trinajstić information content (AvgIpc) is 2.72. The molecule has 2 heterocycles. The number of rotatable bonds is 3. The van der Waals surface area contributed by atoms with Gasteiger partial charge < -0.3 is 24.0 Å². The first-order valence-corrected chi connectivity index (χ1v) is 7.58. The molecule has 0 saturated carbocycles. The second kappa shape index (κ2) is 4.71. The fourth-order valence-corrected chi connectivity index (χ4v) is 4.79. The molecule has 0 radical (unpaired) electrons. The Balaban J connectivity index is 1.94. The van der Waals surface area contributed by atoms with Crippen LogP contribution in [0.2, 0.25) is 0 Å². The van der Waals surface area contributed by atoms with Gasteiger partial charge in [0.15, 0.2) is 4.34 Å². The molecule has 0 aliphatic rings. The molecule has 0 aliphatic heterocycles. The zero-order chi connectivity index (χ0) is 9.97. The molecule has 9 heteroatoms. The third-order valence-corrected chi connectivity index (χ3v) is 5.92. The van der Waals surface area contributed by atoms with Crippen LogP contribution >= 0.6 is 44.3 Å². The molecule has 0 bridgehead atoms. The second-order valence-electron chi connectivity index (χ2n) is 2.09. The molecule has 0 fully saturated rings. The van der Waals surface area contributed by atoms with E-state index in [0.29, 0.717) is 4.34 Å². The van der Waals surface area contributed by atoms with Gasteiger partial charge in [0.25, 0.3) is 0 Å². The van der Waals surface area contributed by atoms with Gasteiger partial charge in [-0.2, -0.15) is 10.2 Å². The van der Waals surface area contributed by atoms with Crippen molar-refractivity contribution in [3.8, 4) is 0 Å². The van der Waals surface area contributed by atoms with E-state index in [9.17, 15) is 0 Å². The van der Waals surface area contributed by atoms with Gasteiger partial charge in [0.2, 0.25) is 0 Å². The van der Waals surface area contributed by atoms with Crippen LogP contribution in [0, 0.1) is 6.92 Å². The summed E-state index contributed by atoms with van der Waals surface area (Å²) in [7, 11) is 3.04. The smallest absolute Gasteiger partial charge is 0.185 e.